The molecule has 6 nitrogen and oxygen atoms in total. The zero-order valence-electron chi connectivity index (χ0n) is 17.2. The first-order valence-corrected chi connectivity index (χ1v) is 11.3. The maximum atomic E-state index is 9.28. The molecule has 0 bridgehead atoms. The Balaban J connectivity index is 1.80. The molecule has 0 aliphatic carbocycles. The Morgan fingerprint density at radius 3 is 2.78 bits per heavy atom. The molecule has 1 unspecified atom stereocenters. The molecule has 0 amide bonds. The Labute approximate surface area is 168 Å². The molecule has 1 fully saturated rings. The standard InChI is InChI=1S/C20H37N5OS/c1-4-21-19(23-14-17(8-12-26)13-16(2)3)22-9-7-18-15-27-20(24-18)25-10-5-6-11-25/h15-17,26H,4-14H2,1-3H3,(H2,21,22,23). The van der Waals surface area contributed by atoms with Crippen LogP contribution in [0.15, 0.2) is 10.4 Å². The summed E-state index contributed by atoms with van der Waals surface area (Å²) in [7, 11) is 0. The monoisotopic (exact) mass is 395 g/mol. The molecule has 1 aliphatic rings. The van der Waals surface area contributed by atoms with Crippen molar-refractivity contribution in [3.8, 4) is 0 Å². The summed E-state index contributed by atoms with van der Waals surface area (Å²) >= 11 is 1.76. The summed E-state index contributed by atoms with van der Waals surface area (Å²) in [6.45, 7) is 11.5. The van der Waals surface area contributed by atoms with Gasteiger partial charge in [-0.25, -0.2) is 4.98 Å². The highest BCUT2D eigenvalue weighted by molar-refractivity contribution is 7.13. The van der Waals surface area contributed by atoms with E-state index in [-0.39, 0.29) is 6.61 Å². The van der Waals surface area contributed by atoms with Crippen molar-refractivity contribution in [2.75, 3.05) is 44.2 Å². The number of aliphatic imine (C=N–C) groups is 1. The van der Waals surface area contributed by atoms with Crippen LogP contribution in [0.2, 0.25) is 0 Å². The second-order valence-corrected chi connectivity index (χ2v) is 8.56. The van der Waals surface area contributed by atoms with Crippen molar-refractivity contribution in [1.82, 2.24) is 15.6 Å². The zero-order chi connectivity index (χ0) is 19.5. The fourth-order valence-corrected chi connectivity index (χ4v) is 4.38. The first kappa shape index (κ1) is 22.0. The SMILES string of the molecule is CCNC(=NCC(CCO)CC(C)C)NCCc1csc(N2CCCC2)n1. The molecule has 7 heteroatoms. The van der Waals surface area contributed by atoms with Gasteiger partial charge in [0.15, 0.2) is 11.1 Å². The van der Waals surface area contributed by atoms with Gasteiger partial charge in [0.2, 0.25) is 0 Å². The number of aliphatic hydroxyl groups excluding tert-OH is 1. The molecule has 0 spiro atoms. The van der Waals surface area contributed by atoms with E-state index in [1.807, 2.05) is 0 Å². The molecule has 1 aromatic rings. The molecule has 0 radical (unpaired) electrons. The second-order valence-electron chi connectivity index (χ2n) is 7.72. The molecule has 2 heterocycles. The summed E-state index contributed by atoms with van der Waals surface area (Å²) in [5, 5.41) is 19.4. The molecule has 0 saturated carbocycles. The van der Waals surface area contributed by atoms with E-state index in [0.29, 0.717) is 11.8 Å². The van der Waals surface area contributed by atoms with E-state index in [4.69, 9.17) is 9.98 Å². The van der Waals surface area contributed by atoms with Crippen molar-refractivity contribution in [3.63, 3.8) is 0 Å². The highest BCUT2D eigenvalue weighted by atomic mass is 32.1. The average molecular weight is 396 g/mol. The second kappa shape index (κ2) is 12.2. The summed E-state index contributed by atoms with van der Waals surface area (Å²) in [5.41, 5.74) is 1.16. The average Bonchev–Trinajstić information content (AvgIpc) is 3.30. The molecule has 1 saturated heterocycles. The molecule has 3 N–H and O–H groups in total. The minimum Gasteiger partial charge on any atom is -0.396 e. The van der Waals surface area contributed by atoms with Gasteiger partial charge in [0.1, 0.15) is 0 Å². The maximum absolute atomic E-state index is 9.28. The lowest BCUT2D eigenvalue weighted by atomic mass is 9.94. The summed E-state index contributed by atoms with van der Waals surface area (Å²) in [4.78, 5) is 11.9. The van der Waals surface area contributed by atoms with Crippen molar-refractivity contribution in [2.24, 2.45) is 16.8 Å². The third-order valence-corrected chi connectivity index (χ3v) is 5.73. The van der Waals surface area contributed by atoms with Crippen molar-refractivity contribution in [2.45, 2.75) is 52.9 Å². The Kier molecular flexibility index (Phi) is 9.91. The van der Waals surface area contributed by atoms with Crippen molar-refractivity contribution in [3.05, 3.63) is 11.1 Å². The molecule has 0 aromatic carbocycles. The van der Waals surface area contributed by atoms with Gasteiger partial charge in [0.25, 0.3) is 0 Å². The molecule has 1 aliphatic heterocycles. The smallest absolute Gasteiger partial charge is 0.191 e. The van der Waals surface area contributed by atoms with Gasteiger partial charge in [0.05, 0.1) is 5.69 Å². The van der Waals surface area contributed by atoms with Gasteiger partial charge >= 0.3 is 0 Å². The van der Waals surface area contributed by atoms with Crippen LogP contribution in [0.5, 0.6) is 0 Å². The molecule has 2 rings (SSSR count). The molecule has 1 aromatic heterocycles. The number of thiazole rings is 1. The van der Waals surface area contributed by atoms with Crippen LogP contribution >= 0.6 is 11.3 Å². The molecule has 154 valence electrons. The van der Waals surface area contributed by atoms with E-state index in [2.05, 4.69) is 41.7 Å². The third-order valence-electron chi connectivity index (χ3n) is 4.78. The van der Waals surface area contributed by atoms with Gasteiger partial charge in [-0.1, -0.05) is 13.8 Å². The minimum atomic E-state index is 0.236. The van der Waals surface area contributed by atoms with Crippen LogP contribution < -0.4 is 15.5 Å². The molecular formula is C20H37N5OS. The lowest BCUT2D eigenvalue weighted by molar-refractivity contribution is 0.245. The predicted molar refractivity (Wildman–Crippen MR) is 116 cm³/mol. The van der Waals surface area contributed by atoms with Gasteiger partial charge in [-0.2, -0.15) is 0 Å². The zero-order valence-corrected chi connectivity index (χ0v) is 18.0. The number of anilines is 1. The first-order valence-electron chi connectivity index (χ1n) is 10.4. The van der Waals surface area contributed by atoms with Crippen molar-refractivity contribution in [1.29, 1.82) is 0 Å². The van der Waals surface area contributed by atoms with E-state index in [1.54, 1.807) is 11.3 Å². The van der Waals surface area contributed by atoms with Crippen molar-refractivity contribution < 1.29 is 5.11 Å². The number of nitrogens with zero attached hydrogens (tertiary/aromatic N) is 3. The van der Waals surface area contributed by atoms with Gasteiger partial charge in [0, 0.05) is 51.1 Å². The fourth-order valence-electron chi connectivity index (χ4n) is 3.47. The number of aliphatic hydroxyl groups is 1. The van der Waals surface area contributed by atoms with Crippen molar-refractivity contribution >= 4 is 22.4 Å². The molecule has 27 heavy (non-hydrogen) atoms. The van der Waals surface area contributed by atoms with Crippen LogP contribution in [0.3, 0.4) is 0 Å². The van der Waals surface area contributed by atoms with Crippen LogP contribution in [0.25, 0.3) is 0 Å². The summed E-state index contributed by atoms with van der Waals surface area (Å²) < 4.78 is 0. The van der Waals surface area contributed by atoms with Crippen LogP contribution in [-0.4, -0.2) is 55.4 Å². The number of aromatic nitrogens is 1. The Morgan fingerprint density at radius 2 is 2.11 bits per heavy atom. The summed E-state index contributed by atoms with van der Waals surface area (Å²) in [5.74, 6) is 1.92. The van der Waals surface area contributed by atoms with Gasteiger partial charge < -0.3 is 20.6 Å². The van der Waals surface area contributed by atoms with E-state index >= 15 is 0 Å². The quantitative estimate of drug-likeness (QED) is 0.397. The van der Waals surface area contributed by atoms with E-state index in [0.717, 1.165) is 63.6 Å². The number of hydrogen-bond donors (Lipinski definition) is 3. The van der Waals surface area contributed by atoms with Gasteiger partial charge in [-0.05, 0) is 44.4 Å². The number of guanidine groups is 1. The predicted octanol–water partition coefficient (Wildman–Crippen LogP) is 2.89. The lowest BCUT2D eigenvalue weighted by Crippen LogP contribution is -2.38. The number of rotatable bonds is 11. The van der Waals surface area contributed by atoms with E-state index in [1.165, 1.54) is 18.0 Å². The highest BCUT2D eigenvalue weighted by Crippen LogP contribution is 2.24. The first-order chi connectivity index (χ1) is 13.1. The molecular weight excluding hydrogens is 358 g/mol. The van der Waals surface area contributed by atoms with Crippen LogP contribution in [-0.2, 0) is 6.42 Å². The largest absolute Gasteiger partial charge is 0.396 e. The van der Waals surface area contributed by atoms with E-state index < -0.39 is 0 Å². The Hall–Kier alpha value is -1.34. The number of hydrogen-bond acceptors (Lipinski definition) is 5. The van der Waals surface area contributed by atoms with Gasteiger partial charge in [-0.3, -0.25) is 4.99 Å². The van der Waals surface area contributed by atoms with E-state index in [9.17, 15) is 5.11 Å². The maximum Gasteiger partial charge on any atom is 0.191 e. The topological polar surface area (TPSA) is 72.8 Å². The minimum absolute atomic E-state index is 0.236. The number of nitrogens with one attached hydrogen (secondary N) is 2. The van der Waals surface area contributed by atoms with Crippen LogP contribution in [0.1, 0.15) is 52.1 Å². The normalized spacial score (nSPS) is 16.2. The van der Waals surface area contributed by atoms with Gasteiger partial charge in [-0.15, -0.1) is 11.3 Å². The molecule has 1 atom stereocenters. The third kappa shape index (κ3) is 8.05. The van der Waals surface area contributed by atoms with Crippen LogP contribution in [0.4, 0.5) is 5.13 Å². The lowest BCUT2D eigenvalue weighted by Gasteiger charge is -2.17. The fraction of sp³-hybridized carbons (Fsp3) is 0.800. The summed E-state index contributed by atoms with van der Waals surface area (Å²) in [6, 6.07) is 0. The Morgan fingerprint density at radius 1 is 1.33 bits per heavy atom. The Bertz CT molecular complexity index is 554. The highest BCUT2D eigenvalue weighted by Gasteiger charge is 2.15. The summed E-state index contributed by atoms with van der Waals surface area (Å²) in [6.07, 6.45) is 5.39. The van der Waals surface area contributed by atoms with Crippen LogP contribution in [0, 0.1) is 11.8 Å².